The predicted octanol–water partition coefficient (Wildman–Crippen LogP) is 3.44. The lowest BCUT2D eigenvalue weighted by atomic mass is 10.1. The third-order valence-electron chi connectivity index (χ3n) is 6.02. The lowest BCUT2D eigenvalue weighted by Crippen LogP contribution is -2.53. The molecule has 186 valence electrons. The minimum Gasteiger partial charge on any atom is -0.352 e. The average Bonchev–Trinajstić information content (AvgIpc) is 2.78. The number of nitrogens with zero attached hydrogens (tertiary/aromatic N) is 2. The minimum atomic E-state index is -3.74. The number of amides is 2. The first-order chi connectivity index (χ1) is 16.0. The van der Waals surface area contributed by atoms with Crippen molar-refractivity contribution in [3.63, 3.8) is 0 Å². The van der Waals surface area contributed by atoms with Gasteiger partial charge in [0.25, 0.3) is 0 Å². The van der Waals surface area contributed by atoms with Gasteiger partial charge in [-0.1, -0.05) is 55.5 Å². The highest BCUT2D eigenvalue weighted by Gasteiger charge is 2.31. The Morgan fingerprint density at radius 1 is 0.971 bits per heavy atom. The summed E-state index contributed by atoms with van der Waals surface area (Å²) in [5, 5.41) is 2.93. The fraction of sp³-hybridized carbons (Fsp3) is 0.462. The Morgan fingerprint density at radius 3 is 2.09 bits per heavy atom. The second-order valence-corrected chi connectivity index (χ2v) is 10.7. The molecule has 2 aromatic carbocycles. The summed E-state index contributed by atoms with van der Waals surface area (Å²) in [7, 11) is -3.74. The van der Waals surface area contributed by atoms with Crippen molar-refractivity contribution in [3.05, 3.63) is 65.2 Å². The van der Waals surface area contributed by atoms with Crippen molar-refractivity contribution in [1.82, 2.24) is 10.2 Å². The van der Waals surface area contributed by atoms with Gasteiger partial charge in [0.1, 0.15) is 12.6 Å². The lowest BCUT2D eigenvalue weighted by Gasteiger charge is -2.32. The van der Waals surface area contributed by atoms with E-state index >= 15 is 0 Å². The monoisotopic (exact) mass is 487 g/mol. The van der Waals surface area contributed by atoms with Gasteiger partial charge in [0.2, 0.25) is 21.8 Å². The molecule has 0 aliphatic rings. The summed E-state index contributed by atoms with van der Waals surface area (Å²) in [6, 6.07) is 14.4. The van der Waals surface area contributed by atoms with Gasteiger partial charge in [0.05, 0.1) is 11.9 Å². The van der Waals surface area contributed by atoms with Gasteiger partial charge in [0.15, 0.2) is 0 Å². The molecule has 0 spiro atoms. The maximum absolute atomic E-state index is 13.6. The van der Waals surface area contributed by atoms with E-state index in [0.717, 1.165) is 33.7 Å². The van der Waals surface area contributed by atoms with Crippen molar-refractivity contribution in [1.29, 1.82) is 0 Å². The first-order valence-electron chi connectivity index (χ1n) is 11.6. The Morgan fingerprint density at radius 2 is 1.56 bits per heavy atom. The third kappa shape index (κ3) is 7.32. The van der Waals surface area contributed by atoms with Crippen molar-refractivity contribution in [2.75, 3.05) is 23.7 Å². The van der Waals surface area contributed by atoms with Crippen LogP contribution in [0.25, 0.3) is 0 Å². The molecular formula is C26H37N3O4S. The van der Waals surface area contributed by atoms with E-state index in [2.05, 4.69) is 5.32 Å². The molecule has 0 saturated carbocycles. The molecule has 0 fully saturated rings. The first-order valence-corrected chi connectivity index (χ1v) is 13.5. The normalized spacial score (nSPS) is 13.1. The Balaban J connectivity index is 2.36. The van der Waals surface area contributed by atoms with Gasteiger partial charge in [-0.25, -0.2) is 8.42 Å². The zero-order valence-electron chi connectivity index (χ0n) is 21.0. The largest absolute Gasteiger partial charge is 0.352 e. The van der Waals surface area contributed by atoms with Crippen LogP contribution < -0.4 is 9.62 Å². The number of para-hydroxylation sites is 1. The fourth-order valence-corrected chi connectivity index (χ4v) is 4.78. The van der Waals surface area contributed by atoms with Gasteiger partial charge < -0.3 is 10.2 Å². The number of hydrogen-bond acceptors (Lipinski definition) is 4. The standard InChI is InChI=1S/C26H37N3O4S/c1-7-21(4)27-26(31)22(5)28(17-16-23-14-9-8-10-15-23)24(30)18-29(34(6,32)33)25-19(2)12-11-13-20(25)3/h8-15,21-22H,7,16-18H2,1-6H3,(H,27,31)/t21-,22+/m1/s1. The van der Waals surface area contributed by atoms with Gasteiger partial charge in [-0.2, -0.15) is 0 Å². The van der Waals surface area contributed by atoms with Crippen molar-refractivity contribution in [2.45, 2.75) is 59.5 Å². The van der Waals surface area contributed by atoms with E-state index in [1.807, 2.05) is 76.2 Å². The third-order valence-corrected chi connectivity index (χ3v) is 7.13. The highest BCUT2D eigenvalue weighted by molar-refractivity contribution is 7.92. The highest BCUT2D eigenvalue weighted by Crippen LogP contribution is 2.27. The van der Waals surface area contributed by atoms with Gasteiger partial charge in [-0.05, 0) is 57.2 Å². The molecule has 0 saturated heterocycles. The fourth-order valence-electron chi connectivity index (χ4n) is 3.81. The van der Waals surface area contributed by atoms with Crippen LogP contribution in [-0.4, -0.2) is 56.6 Å². The quantitative estimate of drug-likeness (QED) is 0.526. The topological polar surface area (TPSA) is 86.8 Å². The van der Waals surface area contributed by atoms with Crippen molar-refractivity contribution < 1.29 is 18.0 Å². The molecule has 0 aromatic heterocycles. The molecule has 8 heteroatoms. The number of sulfonamides is 1. The second kappa shape index (κ2) is 12.0. The summed E-state index contributed by atoms with van der Waals surface area (Å²) in [5.74, 6) is -0.676. The first kappa shape index (κ1) is 27.4. The molecule has 2 rings (SSSR count). The number of nitrogens with one attached hydrogen (secondary N) is 1. The Kier molecular flexibility index (Phi) is 9.67. The molecule has 0 heterocycles. The van der Waals surface area contributed by atoms with Crippen LogP contribution in [-0.2, 0) is 26.0 Å². The van der Waals surface area contributed by atoms with Crippen molar-refractivity contribution in [3.8, 4) is 0 Å². The molecule has 2 amide bonds. The minimum absolute atomic E-state index is 0.0249. The van der Waals surface area contributed by atoms with E-state index in [-0.39, 0.29) is 18.5 Å². The van der Waals surface area contributed by atoms with Crippen LogP contribution in [0.3, 0.4) is 0 Å². The van der Waals surface area contributed by atoms with Crippen LogP contribution >= 0.6 is 0 Å². The predicted molar refractivity (Wildman–Crippen MR) is 137 cm³/mol. The van der Waals surface area contributed by atoms with Crippen LogP contribution in [0.4, 0.5) is 5.69 Å². The Bertz CT molecular complexity index is 1070. The molecule has 0 aliphatic carbocycles. The molecule has 2 atom stereocenters. The van der Waals surface area contributed by atoms with Gasteiger partial charge >= 0.3 is 0 Å². The average molecular weight is 488 g/mol. The van der Waals surface area contributed by atoms with E-state index in [0.29, 0.717) is 18.7 Å². The van der Waals surface area contributed by atoms with E-state index in [9.17, 15) is 18.0 Å². The molecule has 0 radical (unpaired) electrons. The number of carbonyl (C=O) groups is 2. The van der Waals surface area contributed by atoms with Crippen LogP contribution in [0.1, 0.15) is 43.9 Å². The zero-order valence-corrected chi connectivity index (χ0v) is 21.9. The lowest BCUT2D eigenvalue weighted by molar-refractivity contribution is -0.139. The molecular weight excluding hydrogens is 450 g/mol. The number of benzene rings is 2. The van der Waals surface area contributed by atoms with Crippen molar-refractivity contribution >= 4 is 27.5 Å². The van der Waals surface area contributed by atoms with Crippen LogP contribution in [0, 0.1) is 13.8 Å². The Hall–Kier alpha value is -2.87. The molecule has 1 N–H and O–H groups in total. The maximum atomic E-state index is 13.6. The van der Waals surface area contributed by atoms with Crippen LogP contribution in [0.15, 0.2) is 48.5 Å². The molecule has 34 heavy (non-hydrogen) atoms. The molecule has 0 aliphatic heterocycles. The molecule has 2 aromatic rings. The maximum Gasteiger partial charge on any atom is 0.244 e. The van der Waals surface area contributed by atoms with Gasteiger partial charge in [0, 0.05) is 12.6 Å². The van der Waals surface area contributed by atoms with Gasteiger partial charge in [-0.15, -0.1) is 0 Å². The van der Waals surface area contributed by atoms with E-state index < -0.39 is 22.0 Å². The highest BCUT2D eigenvalue weighted by atomic mass is 32.2. The van der Waals surface area contributed by atoms with E-state index in [1.54, 1.807) is 6.92 Å². The van der Waals surface area contributed by atoms with Gasteiger partial charge in [-0.3, -0.25) is 13.9 Å². The number of anilines is 1. The summed E-state index contributed by atoms with van der Waals surface area (Å²) in [5.41, 5.74) is 3.05. The molecule has 0 bridgehead atoms. The number of carbonyl (C=O) groups excluding carboxylic acids is 2. The number of hydrogen-bond donors (Lipinski definition) is 1. The Labute approximate surface area is 204 Å². The summed E-state index contributed by atoms with van der Waals surface area (Å²) >= 11 is 0. The SMILES string of the molecule is CC[C@@H](C)NC(=O)[C@H](C)N(CCc1ccccc1)C(=O)CN(c1c(C)cccc1C)S(C)(=O)=O. The van der Waals surface area contributed by atoms with Crippen molar-refractivity contribution in [2.24, 2.45) is 0 Å². The van der Waals surface area contributed by atoms with E-state index in [4.69, 9.17) is 0 Å². The zero-order chi connectivity index (χ0) is 25.5. The smallest absolute Gasteiger partial charge is 0.244 e. The number of aryl methyl sites for hydroxylation is 2. The summed E-state index contributed by atoms with van der Waals surface area (Å²) in [4.78, 5) is 27.9. The molecule has 7 nitrogen and oxygen atoms in total. The van der Waals surface area contributed by atoms with Crippen LogP contribution in [0.2, 0.25) is 0 Å². The number of rotatable bonds is 11. The second-order valence-electron chi connectivity index (χ2n) is 8.83. The molecule has 0 unspecified atom stereocenters. The summed E-state index contributed by atoms with van der Waals surface area (Å²) in [6.45, 7) is 9.13. The summed E-state index contributed by atoms with van der Waals surface area (Å²) < 4.78 is 26.6. The van der Waals surface area contributed by atoms with Crippen LogP contribution in [0.5, 0.6) is 0 Å². The summed E-state index contributed by atoms with van der Waals surface area (Å²) in [6.07, 6.45) is 2.42. The van der Waals surface area contributed by atoms with E-state index in [1.165, 1.54) is 4.90 Å².